The summed E-state index contributed by atoms with van der Waals surface area (Å²) >= 11 is 5.16. The van der Waals surface area contributed by atoms with Crippen LogP contribution in [0.25, 0.3) is 0 Å². The number of nitrogens with zero attached hydrogens (tertiary/aromatic N) is 2. The molecule has 0 bridgehead atoms. The zero-order valence-corrected chi connectivity index (χ0v) is 14.5. The molecule has 0 aromatic heterocycles. The Morgan fingerprint density at radius 2 is 1.90 bits per heavy atom. The molecule has 0 heterocycles. The Bertz CT molecular complexity index is 647. The van der Waals surface area contributed by atoms with E-state index in [1.165, 1.54) is 5.56 Å². The molecule has 2 aromatic rings. The molecule has 108 valence electrons. The maximum Gasteiger partial charge on any atom is 0.103 e. The smallest absolute Gasteiger partial charge is 0.103 e. The van der Waals surface area contributed by atoms with Gasteiger partial charge in [0.25, 0.3) is 0 Å². The average Bonchev–Trinajstić information content (AvgIpc) is 2.49. The summed E-state index contributed by atoms with van der Waals surface area (Å²) in [6.45, 7) is 2.88. The average molecular weight is 361 g/mol. The Morgan fingerprint density at radius 3 is 2.52 bits per heavy atom. The van der Waals surface area contributed by atoms with E-state index in [1.807, 2.05) is 37.4 Å². The van der Waals surface area contributed by atoms with Crippen molar-refractivity contribution >= 4 is 33.4 Å². The number of anilines is 1. The molecule has 0 saturated carbocycles. The van der Waals surface area contributed by atoms with Gasteiger partial charge in [-0.25, -0.2) is 0 Å². The van der Waals surface area contributed by atoms with E-state index in [4.69, 9.17) is 0 Å². The normalized spacial score (nSPS) is 10.2. The monoisotopic (exact) mass is 360 g/mol. The predicted molar refractivity (Wildman–Crippen MR) is 93.8 cm³/mol. The SMILES string of the molecule is CCSc1cccc(N(C)Cc2ccc(Br)cc2)c1C#N. The largest absolute Gasteiger partial charge is 0.369 e. The number of thioether (sulfide) groups is 1. The molecule has 0 N–H and O–H groups in total. The van der Waals surface area contributed by atoms with E-state index in [0.717, 1.165) is 32.9 Å². The molecule has 2 nitrogen and oxygen atoms in total. The van der Waals surface area contributed by atoms with Crippen LogP contribution < -0.4 is 4.90 Å². The molecule has 0 amide bonds. The van der Waals surface area contributed by atoms with Crippen molar-refractivity contribution in [3.63, 3.8) is 0 Å². The van der Waals surface area contributed by atoms with Crippen molar-refractivity contribution in [2.75, 3.05) is 17.7 Å². The molecule has 0 aliphatic heterocycles. The van der Waals surface area contributed by atoms with Crippen LogP contribution in [0.1, 0.15) is 18.1 Å². The minimum absolute atomic E-state index is 0.768. The van der Waals surface area contributed by atoms with Crippen LogP contribution in [-0.2, 0) is 6.54 Å². The molecule has 0 aliphatic carbocycles. The summed E-state index contributed by atoms with van der Waals surface area (Å²) in [5, 5.41) is 9.48. The van der Waals surface area contributed by atoms with Crippen molar-refractivity contribution in [2.45, 2.75) is 18.4 Å². The number of halogens is 1. The van der Waals surface area contributed by atoms with Gasteiger partial charge in [-0.3, -0.25) is 0 Å². The summed E-state index contributed by atoms with van der Waals surface area (Å²) in [6.07, 6.45) is 0. The first-order chi connectivity index (χ1) is 10.2. The molecule has 0 atom stereocenters. The van der Waals surface area contributed by atoms with Crippen molar-refractivity contribution in [1.29, 1.82) is 5.26 Å². The first-order valence-corrected chi connectivity index (χ1v) is 8.55. The molecule has 0 radical (unpaired) electrons. The highest BCUT2D eigenvalue weighted by Crippen LogP contribution is 2.30. The highest BCUT2D eigenvalue weighted by Gasteiger charge is 2.12. The van der Waals surface area contributed by atoms with Crippen LogP contribution >= 0.6 is 27.7 Å². The Morgan fingerprint density at radius 1 is 1.19 bits per heavy atom. The van der Waals surface area contributed by atoms with Gasteiger partial charge >= 0.3 is 0 Å². The van der Waals surface area contributed by atoms with E-state index < -0.39 is 0 Å². The molecule has 4 heteroatoms. The van der Waals surface area contributed by atoms with Gasteiger partial charge in [-0.2, -0.15) is 5.26 Å². The topological polar surface area (TPSA) is 27.0 Å². The first-order valence-electron chi connectivity index (χ1n) is 6.77. The van der Waals surface area contributed by atoms with Crippen LogP contribution in [0.5, 0.6) is 0 Å². The maximum atomic E-state index is 9.48. The van der Waals surface area contributed by atoms with Crippen LogP contribution in [0.4, 0.5) is 5.69 Å². The number of nitriles is 1. The van der Waals surface area contributed by atoms with Gasteiger partial charge in [0.1, 0.15) is 6.07 Å². The zero-order valence-electron chi connectivity index (χ0n) is 12.1. The van der Waals surface area contributed by atoms with Crippen LogP contribution in [-0.4, -0.2) is 12.8 Å². The summed E-state index contributed by atoms with van der Waals surface area (Å²) in [4.78, 5) is 3.18. The van der Waals surface area contributed by atoms with Crippen LogP contribution in [0.3, 0.4) is 0 Å². The molecule has 0 unspecified atom stereocenters. The lowest BCUT2D eigenvalue weighted by Gasteiger charge is -2.22. The van der Waals surface area contributed by atoms with Crippen LogP contribution in [0.2, 0.25) is 0 Å². The molecule has 21 heavy (non-hydrogen) atoms. The van der Waals surface area contributed by atoms with E-state index in [2.05, 4.69) is 46.0 Å². The van der Waals surface area contributed by atoms with Gasteiger partial charge in [0.15, 0.2) is 0 Å². The third-order valence-electron chi connectivity index (χ3n) is 3.16. The van der Waals surface area contributed by atoms with E-state index in [1.54, 1.807) is 11.8 Å². The van der Waals surface area contributed by atoms with Crippen molar-refractivity contribution in [3.8, 4) is 6.07 Å². The Hall–Kier alpha value is -1.44. The second-order valence-corrected chi connectivity index (χ2v) is 6.90. The maximum absolute atomic E-state index is 9.48. The number of hydrogen-bond acceptors (Lipinski definition) is 3. The van der Waals surface area contributed by atoms with Gasteiger partial charge in [0.05, 0.1) is 11.3 Å². The van der Waals surface area contributed by atoms with E-state index >= 15 is 0 Å². The fourth-order valence-corrected chi connectivity index (χ4v) is 3.22. The van der Waals surface area contributed by atoms with Gasteiger partial charge in [-0.05, 0) is 35.6 Å². The molecular weight excluding hydrogens is 344 g/mol. The highest BCUT2D eigenvalue weighted by molar-refractivity contribution is 9.10. The summed E-state index contributed by atoms with van der Waals surface area (Å²) in [5.41, 5.74) is 2.97. The quantitative estimate of drug-likeness (QED) is 0.696. The zero-order chi connectivity index (χ0) is 15.2. The second-order valence-electron chi connectivity index (χ2n) is 4.68. The van der Waals surface area contributed by atoms with Gasteiger partial charge in [0.2, 0.25) is 0 Å². The number of rotatable bonds is 5. The molecule has 0 aliphatic rings. The van der Waals surface area contributed by atoms with Gasteiger partial charge in [-0.15, -0.1) is 11.8 Å². The van der Waals surface area contributed by atoms with Gasteiger partial charge in [0, 0.05) is 23.0 Å². The third kappa shape index (κ3) is 4.03. The minimum Gasteiger partial charge on any atom is -0.369 e. The summed E-state index contributed by atoms with van der Waals surface area (Å²) in [7, 11) is 2.03. The lowest BCUT2D eigenvalue weighted by molar-refractivity contribution is 0.917. The van der Waals surface area contributed by atoms with Crippen LogP contribution in [0.15, 0.2) is 51.8 Å². The first kappa shape index (κ1) is 15.9. The Balaban J connectivity index is 2.26. The minimum atomic E-state index is 0.768. The Labute approximate surface area is 138 Å². The lowest BCUT2D eigenvalue weighted by atomic mass is 10.1. The van der Waals surface area contributed by atoms with Crippen molar-refractivity contribution in [3.05, 3.63) is 58.1 Å². The molecule has 0 saturated heterocycles. The summed E-state index contributed by atoms with van der Waals surface area (Å²) in [5.74, 6) is 0.967. The molecule has 2 aromatic carbocycles. The summed E-state index contributed by atoms with van der Waals surface area (Å²) in [6, 6.07) is 16.7. The standard InChI is InChI=1S/C17H17BrN2S/c1-3-21-17-6-4-5-16(15(17)11-19)20(2)12-13-7-9-14(18)10-8-13/h4-10H,3,12H2,1-2H3. The lowest BCUT2D eigenvalue weighted by Crippen LogP contribution is -2.17. The predicted octanol–water partition coefficient (Wildman–Crippen LogP) is 5.07. The van der Waals surface area contributed by atoms with Gasteiger partial charge in [-0.1, -0.05) is 41.1 Å². The third-order valence-corrected chi connectivity index (χ3v) is 4.63. The van der Waals surface area contributed by atoms with E-state index in [9.17, 15) is 5.26 Å². The summed E-state index contributed by atoms with van der Waals surface area (Å²) < 4.78 is 1.08. The second kappa shape index (κ2) is 7.53. The molecular formula is C17H17BrN2S. The molecule has 0 spiro atoms. The van der Waals surface area contributed by atoms with Crippen LogP contribution in [0, 0.1) is 11.3 Å². The van der Waals surface area contributed by atoms with E-state index in [0.29, 0.717) is 0 Å². The van der Waals surface area contributed by atoms with Crippen molar-refractivity contribution in [1.82, 2.24) is 0 Å². The number of benzene rings is 2. The Kier molecular flexibility index (Phi) is 5.72. The molecule has 2 rings (SSSR count). The fraction of sp³-hybridized carbons (Fsp3) is 0.235. The highest BCUT2D eigenvalue weighted by atomic mass is 79.9. The number of hydrogen-bond donors (Lipinski definition) is 0. The van der Waals surface area contributed by atoms with Gasteiger partial charge < -0.3 is 4.90 Å². The van der Waals surface area contributed by atoms with Crippen molar-refractivity contribution < 1.29 is 0 Å². The molecule has 0 fully saturated rings. The van der Waals surface area contributed by atoms with E-state index in [-0.39, 0.29) is 0 Å². The van der Waals surface area contributed by atoms with Crippen molar-refractivity contribution in [2.24, 2.45) is 0 Å². The fourth-order valence-electron chi connectivity index (χ4n) is 2.17.